The summed E-state index contributed by atoms with van der Waals surface area (Å²) >= 11 is -2.32. The zero-order valence-corrected chi connectivity index (χ0v) is 10.7. The molecule has 0 saturated heterocycles. The van der Waals surface area contributed by atoms with E-state index in [0.29, 0.717) is 6.61 Å². The zero-order valence-electron chi connectivity index (χ0n) is 9.86. The molecule has 0 aromatic carbocycles. The standard InChI is InChI=1S/C7H13NO2.C2H6O3S/c1-4-7(9)10-6-5-8(2)3;1-2-5-6(3)4/h4H,1,5-6H2,2-3H3;2H2,1H3,(H,3,4). The van der Waals surface area contributed by atoms with Crippen molar-refractivity contribution >= 4 is 17.3 Å². The lowest BCUT2D eigenvalue weighted by Gasteiger charge is -2.05. The molecule has 0 radical (unpaired) electrons. The molecule has 1 N–H and O–H groups in total. The number of hydrogen-bond acceptors (Lipinski definition) is 5. The lowest BCUT2D eigenvalue weighted by Crippen LogP contribution is -3.06. The van der Waals surface area contributed by atoms with E-state index in [1.165, 1.54) is 11.0 Å². The van der Waals surface area contributed by atoms with Crippen molar-refractivity contribution in [1.29, 1.82) is 0 Å². The fraction of sp³-hybridized carbons (Fsp3) is 0.667. The fourth-order valence-electron chi connectivity index (χ4n) is 0.511. The van der Waals surface area contributed by atoms with Crippen LogP contribution in [0.25, 0.3) is 0 Å². The van der Waals surface area contributed by atoms with Crippen molar-refractivity contribution in [2.45, 2.75) is 6.92 Å². The van der Waals surface area contributed by atoms with Gasteiger partial charge in [-0.3, -0.25) is 0 Å². The van der Waals surface area contributed by atoms with Gasteiger partial charge in [0.25, 0.3) is 0 Å². The number of rotatable bonds is 6. The summed E-state index contributed by atoms with van der Waals surface area (Å²) in [6.45, 7) is 6.40. The molecule has 0 aliphatic heterocycles. The van der Waals surface area contributed by atoms with Crippen molar-refractivity contribution in [1.82, 2.24) is 0 Å². The highest BCUT2D eigenvalue weighted by molar-refractivity contribution is 7.74. The van der Waals surface area contributed by atoms with Gasteiger partial charge in [0.15, 0.2) is 0 Å². The minimum absolute atomic E-state index is 0.218. The van der Waals surface area contributed by atoms with E-state index in [2.05, 4.69) is 10.8 Å². The highest BCUT2D eigenvalue weighted by Gasteiger charge is 1.96. The van der Waals surface area contributed by atoms with Gasteiger partial charge in [-0.25, -0.2) is 9.00 Å². The largest absolute Gasteiger partial charge is 0.750 e. The molecule has 0 aliphatic rings. The molecule has 0 bridgehead atoms. The van der Waals surface area contributed by atoms with Crippen molar-refractivity contribution in [3.05, 3.63) is 12.7 Å². The lowest BCUT2D eigenvalue weighted by atomic mass is 10.6. The van der Waals surface area contributed by atoms with Crippen LogP contribution in [0, 0.1) is 0 Å². The Labute approximate surface area is 98.7 Å². The maximum Gasteiger partial charge on any atom is 0.330 e. The van der Waals surface area contributed by atoms with Gasteiger partial charge in [0.1, 0.15) is 13.2 Å². The molecular formula is C9H19NO5S. The van der Waals surface area contributed by atoms with E-state index in [-0.39, 0.29) is 12.6 Å². The van der Waals surface area contributed by atoms with Gasteiger partial charge in [0, 0.05) is 6.08 Å². The second kappa shape index (κ2) is 12.3. The van der Waals surface area contributed by atoms with Gasteiger partial charge in [0.2, 0.25) is 0 Å². The predicted molar refractivity (Wildman–Crippen MR) is 59.4 cm³/mol. The Morgan fingerprint density at radius 1 is 1.56 bits per heavy atom. The maximum atomic E-state index is 10.4. The van der Waals surface area contributed by atoms with Crippen LogP contribution < -0.4 is 4.90 Å². The molecule has 6 nitrogen and oxygen atoms in total. The Bertz CT molecular complexity index is 220. The van der Waals surface area contributed by atoms with Crippen LogP contribution in [0.4, 0.5) is 0 Å². The quantitative estimate of drug-likeness (QED) is 0.361. The molecule has 0 amide bonds. The van der Waals surface area contributed by atoms with Crippen molar-refractivity contribution in [2.75, 3.05) is 33.9 Å². The number of esters is 1. The maximum absolute atomic E-state index is 10.4. The molecule has 16 heavy (non-hydrogen) atoms. The summed E-state index contributed by atoms with van der Waals surface area (Å²) in [6, 6.07) is 0. The minimum atomic E-state index is -2.32. The summed E-state index contributed by atoms with van der Waals surface area (Å²) in [6.07, 6.45) is 1.17. The molecule has 0 rings (SSSR count). The van der Waals surface area contributed by atoms with Crippen LogP contribution in [0.2, 0.25) is 0 Å². The molecule has 96 valence electrons. The molecule has 0 aromatic rings. The average Bonchev–Trinajstić information content (AvgIpc) is 2.17. The summed E-state index contributed by atoms with van der Waals surface area (Å²) in [5.74, 6) is -0.346. The van der Waals surface area contributed by atoms with E-state index in [0.717, 1.165) is 6.54 Å². The number of likely N-dealkylation sites (N-methyl/N-ethyl adjacent to an activating group) is 1. The number of quaternary nitrogens is 1. The van der Waals surface area contributed by atoms with Crippen molar-refractivity contribution in [3.63, 3.8) is 0 Å². The Balaban J connectivity index is 0. The third-order valence-corrected chi connectivity index (χ3v) is 1.66. The number of carbonyl (C=O) groups is 1. The van der Waals surface area contributed by atoms with Gasteiger partial charge < -0.3 is 18.4 Å². The van der Waals surface area contributed by atoms with Gasteiger partial charge in [0.05, 0.1) is 32.1 Å². The first kappa shape index (κ1) is 17.6. The Kier molecular flexibility index (Phi) is 13.6. The molecule has 0 fully saturated rings. The van der Waals surface area contributed by atoms with E-state index < -0.39 is 11.4 Å². The van der Waals surface area contributed by atoms with Crippen LogP contribution in [-0.4, -0.2) is 48.6 Å². The first-order chi connectivity index (χ1) is 7.43. The van der Waals surface area contributed by atoms with Crippen LogP contribution in [0.1, 0.15) is 6.92 Å². The third kappa shape index (κ3) is 18.9. The van der Waals surface area contributed by atoms with Crippen LogP contribution in [0.5, 0.6) is 0 Å². The van der Waals surface area contributed by atoms with Crippen LogP contribution in [0.3, 0.4) is 0 Å². The molecular weight excluding hydrogens is 234 g/mol. The minimum Gasteiger partial charge on any atom is -0.750 e. The average molecular weight is 253 g/mol. The van der Waals surface area contributed by atoms with E-state index in [9.17, 15) is 13.6 Å². The first-order valence-electron chi connectivity index (χ1n) is 4.74. The second-order valence-corrected chi connectivity index (χ2v) is 3.58. The molecule has 0 spiro atoms. The number of nitrogens with one attached hydrogen (secondary N) is 1. The Hall–Kier alpha value is -0.760. The fourth-order valence-corrected chi connectivity index (χ4v) is 0.703. The SMILES string of the molecule is C=CC(=O)OCC[NH+](C)C.CCOS(=O)[O-]. The van der Waals surface area contributed by atoms with Gasteiger partial charge in [-0.1, -0.05) is 6.58 Å². The van der Waals surface area contributed by atoms with Gasteiger partial charge in [-0.15, -0.1) is 0 Å². The van der Waals surface area contributed by atoms with Crippen molar-refractivity contribution in [2.24, 2.45) is 0 Å². The van der Waals surface area contributed by atoms with Crippen molar-refractivity contribution in [3.8, 4) is 0 Å². The van der Waals surface area contributed by atoms with E-state index in [4.69, 9.17) is 4.74 Å². The van der Waals surface area contributed by atoms with E-state index in [1.807, 2.05) is 14.1 Å². The molecule has 7 heteroatoms. The summed E-state index contributed by atoms with van der Waals surface area (Å²) in [5, 5.41) is 0. The van der Waals surface area contributed by atoms with Crippen LogP contribution >= 0.6 is 0 Å². The van der Waals surface area contributed by atoms with Gasteiger partial charge in [-0.2, -0.15) is 0 Å². The lowest BCUT2D eigenvalue weighted by molar-refractivity contribution is -0.858. The van der Waals surface area contributed by atoms with E-state index in [1.54, 1.807) is 6.92 Å². The zero-order chi connectivity index (χ0) is 13.0. The molecule has 0 aromatic heterocycles. The number of hydrogen-bond donors (Lipinski definition) is 1. The molecule has 0 saturated carbocycles. The second-order valence-electron chi connectivity index (χ2n) is 2.94. The topological polar surface area (TPSA) is 80.1 Å². The third-order valence-electron chi connectivity index (χ3n) is 1.23. The molecule has 1 unspecified atom stereocenters. The normalized spacial score (nSPS) is 11.3. The predicted octanol–water partition coefficient (Wildman–Crippen LogP) is -1.32. The summed E-state index contributed by atoms with van der Waals surface area (Å²) in [7, 11) is 4.00. The first-order valence-corrected chi connectivity index (χ1v) is 5.74. The summed E-state index contributed by atoms with van der Waals surface area (Å²) in [5.41, 5.74) is 0. The van der Waals surface area contributed by atoms with Gasteiger partial charge in [-0.05, 0) is 6.92 Å². The van der Waals surface area contributed by atoms with Gasteiger partial charge >= 0.3 is 5.97 Å². The summed E-state index contributed by atoms with van der Waals surface area (Å²) in [4.78, 5) is 11.7. The van der Waals surface area contributed by atoms with Crippen LogP contribution in [0.15, 0.2) is 12.7 Å². The number of ether oxygens (including phenoxy) is 1. The molecule has 0 aliphatic carbocycles. The highest BCUT2D eigenvalue weighted by atomic mass is 32.2. The number of carbonyl (C=O) groups excluding carboxylic acids is 1. The molecule has 1 atom stereocenters. The smallest absolute Gasteiger partial charge is 0.330 e. The van der Waals surface area contributed by atoms with Crippen LogP contribution in [-0.2, 0) is 25.1 Å². The van der Waals surface area contributed by atoms with Crippen molar-refractivity contribution < 1.29 is 27.4 Å². The summed E-state index contributed by atoms with van der Waals surface area (Å²) < 4.78 is 27.4. The molecule has 0 heterocycles. The Morgan fingerprint density at radius 2 is 2.12 bits per heavy atom. The monoisotopic (exact) mass is 253 g/mol. The van der Waals surface area contributed by atoms with E-state index >= 15 is 0 Å². The Morgan fingerprint density at radius 3 is 2.38 bits per heavy atom. The highest BCUT2D eigenvalue weighted by Crippen LogP contribution is 1.74.